The summed E-state index contributed by atoms with van der Waals surface area (Å²) in [7, 11) is 0. The van der Waals surface area contributed by atoms with E-state index in [4.69, 9.17) is 22.2 Å². The molecule has 0 atom stereocenters. The fourth-order valence-corrected chi connectivity index (χ4v) is 3.79. The Morgan fingerprint density at radius 2 is 1.94 bits per heavy atom. The zero-order chi connectivity index (χ0) is 24.5. The Kier molecular flexibility index (Phi) is 6.84. The molecule has 33 heavy (non-hydrogen) atoms. The van der Waals surface area contributed by atoms with Gasteiger partial charge >= 0.3 is 11.9 Å². The standard InChI is InChI=1S/C19H13ClF4N4O4S/c1-9(29)8-32-17-13(3-2-4-26-17)33-14-6-12(11(21)5-10(14)20)27-16(30)7-15(19(22,23)24)28(25)18(27)31/h2-7H,8,25H2,1H3. The van der Waals surface area contributed by atoms with Crippen LogP contribution in [0.25, 0.3) is 5.69 Å². The third-order valence-electron chi connectivity index (χ3n) is 4.04. The fraction of sp³-hybridized carbons (Fsp3) is 0.158. The van der Waals surface area contributed by atoms with Gasteiger partial charge in [-0.1, -0.05) is 23.4 Å². The Labute approximate surface area is 191 Å². The number of nitrogens with zero attached hydrogens (tertiary/aromatic N) is 3. The maximum atomic E-state index is 14.6. The molecule has 0 fully saturated rings. The number of hydrogen-bond donors (Lipinski definition) is 1. The zero-order valence-corrected chi connectivity index (χ0v) is 18.1. The minimum atomic E-state index is -5.08. The van der Waals surface area contributed by atoms with E-state index in [1.54, 1.807) is 12.1 Å². The van der Waals surface area contributed by atoms with Gasteiger partial charge in [0.1, 0.15) is 12.4 Å². The third-order valence-corrected chi connectivity index (χ3v) is 5.55. The van der Waals surface area contributed by atoms with Crippen LogP contribution in [0.2, 0.25) is 5.02 Å². The number of halogens is 5. The Bertz CT molecular complexity index is 1360. The van der Waals surface area contributed by atoms with Crippen LogP contribution in [0.3, 0.4) is 0 Å². The molecule has 8 nitrogen and oxygen atoms in total. The monoisotopic (exact) mass is 504 g/mol. The molecule has 1 aromatic carbocycles. The van der Waals surface area contributed by atoms with E-state index in [9.17, 15) is 31.9 Å². The number of nitrogens with two attached hydrogens (primary N) is 1. The molecule has 0 unspecified atom stereocenters. The number of carbonyl (C=O) groups excluding carboxylic acids is 1. The van der Waals surface area contributed by atoms with Crippen molar-refractivity contribution in [1.29, 1.82) is 0 Å². The van der Waals surface area contributed by atoms with Crippen LogP contribution in [0.1, 0.15) is 12.6 Å². The van der Waals surface area contributed by atoms with Crippen LogP contribution in [0.4, 0.5) is 17.6 Å². The summed E-state index contributed by atoms with van der Waals surface area (Å²) >= 11 is 6.99. The average Bonchev–Trinajstić information content (AvgIpc) is 2.72. The molecule has 14 heteroatoms. The van der Waals surface area contributed by atoms with Crippen LogP contribution in [0.5, 0.6) is 5.88 Å². The molecule has 2 aromatic heterocycles. The third kappa shape index (κ3) is 5.20. The molecule has 2 heterocycles. The highest BCUT2D eigenvalue weighted by Crippen LogP contribution is 2.39. The number of hydrogen-bond acceptors (Lipinski definition) is 7. The van der Waals surface area contributed by atoms with Crippen molar-refractivity contribution in [2.75, 3.05) is 12.4 Å². The average molecular weight is 505 g/mol. The van der Waals surface area contributed by atoms with Gasteiger partial charge in [-0.05, 0) is 31.2 Å². The van der Waals surface area contributed by atoms with Crippen LogP contribution < -0.4 is 21.8 Å². The number of benzene rings is 1. The SMILES string of the molecule is CC(=O)COc1ncccc1Sc1cc(-n2c(=O)cc(C(F)(F)F)n(N)c2=O)c(F)cc1Cl. The maximum absolute atomic E-state index is 14.6. The summed E-state index contributed by atoms with van der Waals surface area (Å²) in [6.07, 6.45) is -3.68. The molecule has 0 saturated carbocycles. The smallest absolute Gasteiger partial charge is 0.433 e. The van der Waals surface area contributed by atoms with Crippen LogP contribution in [-0.4, -0.2) is 26.6 Å². The first-order valence-electron chi connectivity index (χ1n) is 8.86. The topological polar surface area (TPSA) is 109 Å². The second-order valence-electron chi connectivity index (χ2n) is 6.49. The number of pyridine rings is 1. The molecular weight excluding hydrogens is 492 g/mol. The number of Topliss-reactive ketones (excluding diaryl/α,β-unsaturated/α-hetero) is 1. The van der Waals surface area contributed by atoms with E-state index < -0.39 is 34.6 Å². The van der Waals surface area contributed by atoms with E-state index in [1.807, 2.05) is 0 Å². The minimum Gasteiger partial charge on any atom is -0.469 e. The maximum Gasteiger partial charge on any atom is 0.433 e. The van der Waals surface area contributed by atoms with Crippen LogP contribution in [-0.2, 0) is 11.0 Å². The highest BCUT2D eigenvalue weighted by molar-refractivity contribution is 7.99. The van der Waals surface area contributed by atoms with Crippen molar-refractivity contribution in [3.05, 3.63) is 73.9 Å². The van der Waals surface area contributed by atoms with E-state index in [1.165, 1.54) is 13.1 Å². The molecule has 174 valence electrons. The van der Waals surface area contributed by atoms with Gasteiger partial charge in [-0.3, -0.25) is 9.59 Å². The zero-order valence-electron chi connectivity index (χ0n) is 16.5. The summed E-state index contributed by atoms with van der Waals surface area (Å²) in [4.78, 5) is 40.4. The first-order valence-corrected chi connectivity index (χ1v) is 10.1. The van der Waals surface area contributed by atoms with Crippen molar-refractivity contribution in [3.8, 4) is 11.6 Å². The molecular formula is C19H13ClF4N4O4S. The second-order valence-corrected chi connectivity index (χ2v) is 7.98. The Balaban J connectivity index is 2.12. The van der Waals surface area contributed by atoms with Crippen molar-refractivity contribution in [3.63, 3.8) is 0 Å². The van der Waals surface area contributed by atoms with Crippen molar-refractivity contribution in [2.45, 2.75) is 22.9 Å². The quantitative estimate of drug-likeness (QED) is 0.406. The summed E-state index contributed by atoms with van der Waals surface area (Å²) in [5.41, 5.74) is -5.42. The van der Waals surface area contributed by atoms with Gasteiger partial charge in [-0.2, -0.15) is 13.2 Å². The lowest BCUT2D eigenvalue weighted by molar-refractivity contribution is -0.143. The van der Waals surface area contributed by atoms with Gasteiger partial charge in [-0.25, -0.2) is 23.4 Å². The van der Waals surface area contributed by atoms with Gasteiger partial charge in [0.15, 0.2) is 11.5 Å². The Hall–Kier alpha value is -3.32. The van der Waals surface area contributed by atoms with E-state index >= 15 is 0 Å². The Morgan fingerprint density at radius 1 is 1.24 bits per heavy atom. The van der Waals surface area contributed by atoms with E-state index in [0.717, 1.165) is 23.9 Å². The van der Waals surface area contributed by atoms with Gasteiger partial charge in [0.25, 0.3) is 5.56 Å². The van der Waals surface area contributed by atoms with Crippen molar-refractivity contribution < 1.29 is 27.1 Å². The molecule has 0 bridgehead atoms. The predicted molar refractivity (Wildman–Crippen MR) is 111 cm³/mol. The van der Waals surface area contributed by atoms with Gasteiger partial charge in [-0.15, -0.1) is 0 Å². The molecule has 0 saturated heterocycles. The normalized spacial score (nSPS) is 11.5. The highest BCUT2D eigenvalue weighted by atomic mass is 35.5. The van der Waals surface area contributed by atoms with Gasteiger partial charge in [0.2, 0.25) is 5.88 Å². The molecule has 0 spiro atoms. The number of ether oxygens (including phenoxy) is 1. The number of ketones is 1. The van der Waals surface area contributed by atoms with Crippen LogP contribution in [0, 0.1) is 5.82 Å². The number of carbonyl (C=O) groups is 1. The summed E-state index contributed by atoms with van der Waals surface area (Å²) in [5, 5.41) is -0.129. The lowest BCUT2D eigenvalue weighted by Crippen LogP contribution is -2.45. The number of nitrogen functional groups attached to an aromatic ring is 1. The summed E-state index contributed by atoms with van der Waals surface area (Å²) in [5.74, 6) is 3.86. The van der Waals surface area contributed by atoms with E-state index in [2.05, 4.69) is 4.98 Å². The molecule has 0 amide bonds. The summed E-state index contributed by atoms with van der Waals surface area (Å²) < 4.78 is 58.8. The number of aromatic nitrogens is 3. The summed E-state index contributed by atoms with van der Waals surface area (Å²) in [6, 6.07) is 4.98. The molecule has 3 rings (SSSR count). The molecule has 0 aliphatic carbocycles. The molecule has 2 N–H and O–H groups in total. The Morgan fingerprint density at radius 3 is 2.58 bits per heavy atom. The lowest BCUT2D eigenvalue weighted by Gasteiger charge is -2.15. The first-order chi connectivity index (χ1) is 15.4. The number of rotatable bonds is 6. The largest absolute Gasteiger partial charge is 0.469 e. The molecule has 0 aliphatic heterocycles. The van der Waals surface area contributed by atoms with Gasteiger partial charge < -0.3 is 10.6 Å². The molecule has 0 radical (unpaired) electrons. The van der Waals surface area contributed by atoms with Crippen LogP contribution in [0.15, 0.2) is 55.9 Å². The first kappa shape index (κ1) is 24.3. The highest BCUT2D eigenvalue weighted by Gasteiger charge is 2.36. The fourth-order valence-electron chi connectivity index (χ4n) is 2.61. The lowest BCUT2D eigenvalue weighted by atomic mass is 10.3. The van der Waals surface area contributed by atoms with E-state index in [-0.39, 0.29) is 43.5 Å². The van der Waals surface area contributed by atoms with Gasteiger partial charge in [0, 0.05) is 17.2 Å². The summed E-state index contributed by atoms with van der Waals surface area (Å²) in [6.45, 7) is 1.05. The predicted octanol–water partition coefficient (Wildman–Crippen LogP) is 3.04. The molecule has 3 aromatic rings. The number of alkyl halides is 3. The van der Waals surface area contributed by atoms with Gasteiger partial charge in [0.05, 0.1) is 15.6 Å². The van der Waals surface area contributed by atoms with Crippen molar-refractivity contribution >= 4 is 29.1 Å². The van der Waals surface area contributed by atoms with Crippen molar-refractivity contribution in [2.24, 2.45) is 0 Å². The second kappa shape index (κ2) is 9.27. The van der Waals surface area contributed by atoms with E-state index in [0.29, 0.717) is 4.90 Å². The van der Waals surface area contributed by atoms with Crippen molar-refractivity contribution in [1.82, 2.24) is 14.2 Å². The van der Waals surface area contributed by atoms with Crippen LogP contribution >= 0.6 is 23.4 Å². The molecule has 0 aliphatic rings. The minimum absolute atomic E-state index is 0.0654.